The third-order valence-corrected chi connectivity index (χ3v) is 3.21. The number of benzene rings is 1. The second-order valence-corrected chi connectivity index (χ2v) is 5.42. The van der Waals surface area contributed by atoms with Crippen LogP contribution in [-0.4, -0.2) is 27.6 Å². The fourth-order valence-electron chi connectivity index (χ4n) is 2.31. The van der Waals surface area contributed by atoms with Crippen LogP contribution in [0.1, 0.15) is 19.4 Å². The first kappa shape index (κ1) is 16.3. The molecule has 0 aliphatic heterocycles. The molecule has 0 aliphatic carbocycles. The standard InChI is InChI=1S/C17H17N3O3/c1-11(2)19-17(23)12(8-18)7-13-9-20(10-16(21)22)15-6-4-3-5-14(13)15/h3-7,9,11H,10H2,1-2H3,(H,19,23)(H,21,22)/b12-7-. The van der Waals surface area contributed by atoms with Crippen LogP contribution in [0.15, 0.2) is 36.0 Å². The number of amides is 1. The van der Waals surface area contributed by atoms with Crippen LogP contribution in [0.4, 0.5) is 0 Å². The fraction of sp³-hybridized carbons (Fsp3) is 0.235. The molecule has 0 saturated carbocycles. The Bertz CT molecular complexity index is 825. The molecule has 1 heterocycles. The van der Waals surface area contributed by atoms with Crippen molar-refractivity contribution in [3.63, 3.8) is 0 Å². The highest BCUT2D eigenvalue weighted by molar-refractivity contribution is 6.04. The van der Waals surface area contributed by atoms with Crippen LogP contribution in [0, 0.1) is 11.3 Å². The van der Waals surface area contributed by atoms with Gasteiger partial charge in [0.05, 0.1) is 0 Å². The monoisotopic (exact) mass is 311 g/mol. The van der Waals surface area contributed by atoms with Crippen LogP contribution in [0.2, 0.25) is 0 Å². The predicted octanol–water partition coefficient (Wildman–Crippen LogP) is 2.16. The van der Waals surface area contributed by atoms with Crippen molar-refractivity contribution in [1.29, 1.82) is 5.26 Å². The van der Waals surface area contributed by atoms with E-state index in [1.54, 1.807) is 16.8 Å². The highest BCUT2D eigenvalue weighted by atomic mass is 16.4. The molecule has 6 heteroatoms. The van der Waals surface area contributed by atoms with Gasteiger partial charge in [-0.2, -0.15) is 5.26 Å². The normalized spacial score (nSPS) is 11.5. The van der Waals surface area contributed by atoms with Crippen molar-refractivity contribution < 1.29 is 14.7 Å². The van der Waals surface area contributed by atoms with Crippen LogP contribution >= 0.6 is 0 Å². The molecule has 1 aromatic carbocycles. The summed E-state index contributed by atoms with van der Waals surface area (Å²) in [5.41, 5.74) is 1.36. The van der Waals surface area contributed by atoms with Crippen molar-refractivity contribution in [2.24, 2.45) is 0 Å². The van der Waals surface area contributed by atoms with Gasteiger partial charge in [0, 0.05) is 28.7 Å². The summed E-state index contributed by atoms with van der Waals surface area (Å²) < 4.78 is 1.58. The van der Waals surface area contributed by atoms with Crippen LogP contribution in [-0.2, 0) is 16.1 Å². The van der Waals surface area contributed by atoms with Crippen LogP contribution in [0.3, 0.4) is 0 Å². The molecule has 0 bridgehead atoms. The molecule has 0 fully saturated rings. The number of carbonyl (C=O) groups excluding carboxylic acids is 1. The maximum Gasteiger partial charge on any atom is 0.323 e. The molecule has 2 rings (SSSR count). The van der Waals surface area contributed by atoms with Crippen molar-refractivity contribution in [1.82, 2.24) is 9.88 Å². The number of hydrogen-bond donors (Lipinski definition) is 2. The largest absolute Gasteiger partial charge is 0.480 e. The average Bonchev–Trinajstić information content (AvgIpc) is 2.81. The molecule has 0 saturated heterocycles. The highest BCUT2D eigenvalue weighted by Crippen LogP contribution is 2.23. The predicted molar refractivity (Wildman–Crippen MR) is 86.4 cm³/mol. The quantitative estimate of drug-likeness (QED) is 0.653. The number of fused-ring (bicyclic) bond motifs is 1. The minimum atomic E-state index is -0.959. The number of hydrogen-bond acceptors (Lipinski definition) is 3. The van der Waals surface area contributed by atoms with Crippen LogP contribution < -0.4 is 5.32 Å². The van der Waals surface area contributed by atoms with Crippen molar-refractivity contribution >= 4 is 28.9 Å². The van der Waals surface area contributed by atoms with Gasteiger partial charge in [-0.3, -0.25) is 9.59 Å². The molecule has 118 valence electrons. The first-order chi connectivity index (χ1) is 10.9. The summed E-state index contributed by atoms with van der Waals surface area (Å²) in [6.07, 6.45) is 3.12. The fourth-order valence-corrected chi connectivity index (χ4v) is 2.31. The smallest absolute Gasteiger partial charge is 0.323 e. The Labute approximate surface area is 133 Å². The molecule has 1 aromatic heterocycles. The Morgan fingerprint density at radius 1 is 1.39 bits per heavy atom. The van der Waals surface area contributed by atoms with Gasteiger partial charge in [-0.05, 0) is 26.0 Å². The second-order valence-electron chi connectivity index (χ2n) is 5.42. The summed E-state index contributed by atoms with van der Waals surface area (Å²) in [7, 11) is 0. The molecule has 0 aliphatic rings. The van der Waals surface area contributed by atoms with Gasteiger partial charge in [-0.25, -0.2) is 0 Å². The third-order valence-electron chi connectivity index (χ3n) is 3.21. The van der Waals surface area contributed by atoms with Gasteiger partial charge in [0.25, 0.3) is 5.91 Å². The highest BCUT2D eigenvalue weighted by Gasteiger charge is 2.13. The topological polar surface area (TPSA) is 95.1 Å². The van der Waals surface area contributed by atoms with Crippen molar-refractivity contribution in [2.75, 3.05) is 0 Å². The molecule has 2 N–H and O–H groups in total. The van der Waals surface area contributed by atoms with E-state index in [1.807, 2.05) is 38.1 Å². The lowest BCUT2D eigenvalue weighted by Gasteiger charge is -2.06. The maximum atomic E-state index is 12.0. The number of aliphatic carboxylic acids is 1. The van der Waals surface area contributed by atoms with E-state index >= 15 is 0 Å². The van der Waals surface area contributed by atoms with Gasteiger partial charge >= 0.3 is 5.97 Å². The number of carbonyl (C=O) groups is 2. The summed E-state index contributed by atoms with van der Waals surface area (Å²) >= 11 is 0. The molecule has 0 spiro atoms. The lowest BCUT2D eigenvalue weighted by atomic mass is 10.1. The van der Waals surface area contributed by atoms with E-state index in [0.717, 1.165) is 10.9 Å². The number of nitriles is 1. The van der Waals surface area contributed by atoms with Gasteiger partial charge in [-0.1, -0.05) is 18.2 Å². The number of carboxylic acids is 1. The van der Waals surface area contributed by atoms with Gasteiger partial charge in [0.2, 0.25) is 0 Å². The summed E-state index contributed by atoms with van der Waals surface area (Å²) in [5, 5.41) is 21.7. The number of aromatic nitrogens is 1. The molecule has 0 unspecified atom stereocenters. The minimum Gasteiger partial charge on any atom is -0.480 e. The Morgan fingerprint density at radius 3 is 2.70 bits per heavy atom. The number of para-hydroxylation sites is 1. The molecular weight excluding hydrogens is 294 g/mol. The Kier molecular flexibility index (Phi) is 4.82. The lowest BCUT2D eigenvalue weighted by molar-refractivity contribution is -0.137. The van der Waals surface area contributed by atoms with Crippen molar-refractivity contribution in [3.8, 4) is 6.07 Å². The van der Waals surface area contributed by atoms with Gasteiger partial charge < -0.3 is 15.0 Å². The molecule has 2 aromatic rings. The summed E-state index contributed by atoms with van der Waals surface area (Å²) in [6, 6.07) is 9.08. The Morgan fingerprint density at radius 2 is 2.09 bits per heavy atom. The molecule has 23 heavy (non-hydrogen) atoms. The summed E-state index contributed by atoms with van der Waals surface area (Å²) in [6.45, 7) is 3.44. The summed E-state index contributed by atoms with van der Waals surface area (Å²) in [4.78, 5) is 23.0. The summed E-state index contributed by atoms with van der Waals surface area (Å²) in [5.74, 6) is -1.41. The van der Waals surface area contributed by atoms with E-state index in [4.69, 9.17) is 5.11 Å². The zero-order valence-corrected chi connectivity index (χ0v) is 12.9. The molecule has 0 atom stereocenters. The number of nitrogens with one attached hydrogen (secondary N) is 1. The number of rotatable bonds is 5. The van der Waals surface area contributed by atoms with E-state index in [-0.39, 0.29) is 18.2 Å². The van der Waals surface area contributed by atoms with E-state index in [2.05, 4.69) is 5.32 Å². The zero-order chi connectivity index (χ0) is 17.0. The van der Waals surface area contributed by atoms with E-state index in [0.29, 0.717) is 5.56 Å². The first-order valence-corrected chi connectivity index (χ1v) is 7.14. The zero-order valence-electron chi connectivity index (χ0n) is 12.9. The van der Waals surface area contributed by atoms with Crippen molar-refractivity contribution in [3.05, 3.63) is 41.6 Å². The molecule has 1 amide bonds. The number of nitrogens with zero attached hydrogens (tertiary/aromatic N) is 2. The van der Waals surface area contributed by atoms with E-state index in [9.17, 15) is 14.9 Å². The minimum absolute atomic E-state index is 0.0167. The Hall–Kier alpha value is -3.07. The van der Waals surface area contributed by atoms with Crippen molar-refractivity contribution in [2.45, 2.75) is 26.4 Å². The lowest BCUT2D eigenvalue weighted by Crippen LogP contribution is -2.30. The molecule has 6 nitrogen and oxygen atoms in total. The van der Waals surface area contributed by atoms with E-state index < -0.39 is 11.9 Å². The van der Waals surface area contributed by atoms with Gasteiger partial charge in [-0.15, -0.1) is 0 Å². The first-order valence-electron chi connectivity index (χ1n) is 7.14. The molecular formula is C17H17N3O3. The average molecular weight is 311 g/mol. The van der Waals surface area contributed by atoms with Gasteiger partial charge in [0.15, 0.2) is 0 Å². The number of carboxylic acid groups (broad SMARTS) is 1. The van der Waals surface area contributed by atoms with Crippen LogP contribution in [0.25, 0.3) is 17.0 Å². The van der Waals surface area contributed by atoms with Crippen LogP contribution in [0.5, 0.6) is 0 Å². The molecule has 0 radical (unpaired) electrons. The second kappa shape index (κ2) is 6.79. The Balaban J connectivity index is 2.50. The maximum absolute atomic E-state index is 12.0. The van der Waals surface area contributed by atoms with Gasteiger partial charge in [0.1, 0.15) is 18.2 Å². The van der Waals surface area contributed by atoms with E-state index in [1.165, 1.54) is 6.08 Å². The third kappa shape index (κ3) is 3.77. The SMILES string of the molecule is CC(C)NC(=O)/C(C#N)=C\c1cn(CC(=O)O)c2ccccc12.